The normalized spacial score (nSPS) is 26.7. The van der Waals surface area contributed by atoms with Gasteiger partial charge in [-0.3, -0.25) is 38.6 Å². The maximum absolute atomic E-state index is 15.0. The van der Waals surface area contributed by atoms with Gasteiger partial charge in [0.2, 0.25) is 29.3 Å². The molecular formula is C41H55N7O7. The molecule has 1 aromatic carbocycles. The molecule has 0 radical (unpaired) electrons. The fraction of sp³-hybridized carbons (Fsp3) is 0.610. The fourth-order valence-corrected chi connectivity index (χ4v) is 9.03. The lowest BCUT2D eigenvalue weighted by Crippen LogP contribution is -2.80. The number of carbonyl (C=O) groups excluding carboxylic acids is 6. The highest BCUT2D eigenvalue weighted by molar-refractivity contribution is 6.49. The van der Waals surface area contributed by atoms with Crippen molar-refractivity contribution in [2.75, 3.05) is 0 Å². The van der Waals surface area contributed by atoms with Crippen LogP contribution in [0.25, 0.3) is 0 Å². The summed E-state index contributed by atoms with van der Waals surface area (Å²) in [5.41, 5.74) is 1.10. The lowest BCUT2D eigenvalue weighted by Gasteiger charge is -2.46. The maximum Gasteiger partial charge on any atom is 0.272 e. The molecule has 4 fully saturated rings. The molecule has 4 N–H and O–H groups in total. The monoisotopic (exact) mass is 757 g/mol. The van der Waals surface area contributed by atoms with Crippen molar-refractivity contribution in [1.29, 1.82) is 0 Å². The summed E-state index contributed by atoms with van der Waals surface area (Å²) in [4.78, 5) is 98.9. The predicted molar refractivity (Wildman–Crippen MR) is 201 cm³/mol. The number of Topliss-reactive ketones (excluding diaryl/α,β-unsaturated/α-hetero) is 2. The highest BCUT2D eigenvalue weighted by Gasteiger charge is 2.64. The van der Waals surface area contributed by atoms with Gasteiger partial charge in [-0.15, -0.1) is 0 Å². The molecule has 6 rings (SSSR count). The van der Waals surface area contributed by atoms with Crippen molar-refractivity contribution in [3.05, 3.63) is 60.2 Å². The zero-order valence-corrected chi connectivity index (χ0v) is 32.3. The minimum atomic E-state index is -1.79. The van der Waals surface area contributed by atoms with E-state index in [9.17, 15) is 24.0 Å². The van der Waals surface area contributed by atoms with Gasteiger partial charge in [-0.1, -0.05) is 90.1 Å². The Bertz CT molecular complexity index is 1730. The first-order chi connectivity index (χ1) is 26.4. The summed E-state index contributed by atoms with van der Waals surface area (Å²) in [6.45, 7) is 7.44. The zero-order chi connectivity index (χ0) is 39.3. The summed E-state index contributed by atoms with van der Waals surface area (Å²) in [5, 5.41) is 8.81. The van der Waals surface area contributed by atoms with E-state index in [0.29, 0.717) is 12.8 Å². The summed E-state index contributed by atoms with van der Waals surface area (Å²) in [6, 6.07) is 6.13. The number of carbonyl (C=O) groups is 6. The standard InChI is InChI=1S/C41H55N7O7/c1-5-28-33(49)35(50)41(28,47-55-24-25-14-8-6-9-15-25)46-37(52)31-22-27-18-12-13-19-30(27)48(31)39(54)34(40(2,3)4)45-38(53)32(26-16-10-7-11-17-26)44-36(51)29-23-42-20-21-43-29/h6,8-9,14-15,20-21,23,26-28,30-32,34,47H,5,7,10-13,16-19,22,24H2,1-4H3,(H,44,51)(H,45,53)(H,46,52). The second-order valence-electron chi connectivity index (χ2n) is 16.7. The molecular weight excluding hydrogens is 702 g/mol. The van der Waals surface area contributed by atoms with Gasteiger partial charge in [0.15, 0.2) is 5.66 Å². The Balaban J connectivity index is 1.25. The quantitative estimate of drug-likeness (QED) is 0.134. The van der Waals surface area contributed by atoms with Gasteiger partial charge in [-0.05, 0) is 61.3 Å². The maximum atomic E-state index is 15.0. The van der Waals surface area contributed by atoms with E-state index in [1.807, 2.05) is 51.1 Å². The van der Waals surface area contributed by atoms with E-state index in [-0.39, 0.29) is 36.6 Å². The van der Waals surface area contributed by atoms with E-state index in [4.69, 9.17) is 4.84 Å². The molecule has 0 spiro atoms. The van der Waals surface area contributed by atoms with Crippen molar-refractivity contribution < 1.29 is 33.6 Å². The van der Waals surface area contributed by atoms with Gasteiger partial charge in [0.25, 0.3) is 5.91 Å². The van der Waals surface area contributed by atoms with Gasteiger partial charge in [-0.2, -0.15) is 5.48 Å². The summed E-state index contributed by atoms with van der Waals surface area (Å²) in [6.07, 6.45) is 12.6. The first-order valence-corrected chi connectivity index (χ1v) is 19.9. The summed E-state index contributed by atoms with van der Waals surface area (Å²) in [5.74, 6) is -4.30. The zero-order valence-electron chi connectivity index (χ0n) is 32.3. The van der Waals surface area contributed by atoms with E-state index >= 15 is 4.79 Å². The van der Waals surface area contributed by atoms with Crippen LogP contribution in [0.15, 0.2) is 48.9 Å². The van der Waals surface area contributed by atoms with Crippen LogP contribution in [0.4, 0.5) is 0 Å². The van der Waals surface area contributed by atoms with Crippen LogP contribution in [0.3, 0.4) is 0 Å². The number of hydroxylamine groups is 1. The predicted octanol–water partition coefficient (Wildman–Crippen LogP) is 3.56. The number of hydrogen-bond acceptors (Lipinski definition) is 10. The van der Waals surface area contributed by atoms with Crippen molar-refractivity contribution in [2.45, 2.75) is 135 Å². The van der Waals surface area contributed by atoms with E-state index in [2.05, 4.69) is 31.4 Å². The first-order valence-electron chi connectivity index (χ1n) is 19.9. The molecule has 4 amide bonds. The van der Waals surface area contributed by atoms with Crippen molar-refractivity contribution >= 4 is 35.2 Å². The van der Waals surface area contributed by atoms with Crippen LogP contribution < -0.4 is 21.4 Å². The van der Waals surface area contributed by atoms with Gasteiger partial charge in [0, 0.05) is 18.4 Å². The Morgan fingerprint density at radius 2 is 1.65 bits per heavy atom. The Morgan fingerprint density at radius 3 is 2.33 bits per heavy atom. The Morgan fingerprint density at radius 1 is 0.945 bits per heavy atom. The number of likely N-dealkylation sites (tertiary alicyclic amines) is 1. The second-order valence-corrected chi connectivity index (χ2v) is 16.7. The molecule has 4 aliphatic rings. The number of fused-ring (bicyclic) bond motifs is 1. The van der Waals surface area contributed by atoms with Crippen LogP contribution in [-0.2, 0) is 35.4 Å². The number of hydrogen-bond donors (Lipinski definition) is 4. The molecule has 7 atom stereocenters. The smallest absolute Gasteiger partial charge is 0.272 e. The molecule has 0 bridgehead atoms. The number of ketones is 2. The van der Waals surface area contributed by atoms with E-state index in [1.54, 1.807) is 11.8 Å². The molecule has 14 nitrogen and oxygen atoms in total. The third kappa shape index (κ3) is 8.50. The molecule has 1 saturated heterocycles. The molecule has 14 heteroatoms. The Kier molecular flexibility index (Phi) is 12.4. The van der Waals surface area contributed by atoms with Gasteiger partial charge in [-0.25, -0.2) is 4.98 Å². The molecule has 7 unspecified atom stereocenters. The van der Waals surface area contributed by atoms with Gasteiger partial charge >= 0.3 is 0 Å². The largest absolute Gasteiger partial charge is 0.342 e. The van der Waals surface area contributed by atoms with Crippen molar-refractivity contribution in [2.24, 2.45) is 23.2 Å². The topological polar surface area (TPSA) is 189 Å². The number of benzene rings is 1. The number of amides is 4. The van der Waals surface area contributed by atoms with Crippen molar-refractivity contribution in [3.8, 4) is 0 Å². The molecule has 2 heterocycles. The van der Waals surface area contributed by atoms with Crippen LogP contribution in [-0.4, -0.2) is 79.9 Å². The molecule has 1 aliphatic heterocycles. The molecule has 2 aromatic rings. The molecule has 296 valence electrons. The second kappa shape index (κ2) is 17.1. The first kappa shape index (κ1) is 40.1. The lowest BCUT2D eigenvalue weighted by molar-refractivity contribution is -0.174. The van der Waals surface area contributed by atoms with E-state index < -0.39 is 70.3 Å². The Hall–Kier alpha value is -4.56. The lowest BCUT2D eigenvalue weighted by atomic mass is 9.69. The number of nitrogens with one attached hydrogen (secondary N) is 4. The van der Waals surface area contributed by atoms with Crippen LogP contribution >= 0.6 is 0 Å². The number of nitrogens with zero attached hydrogens (tertiary/aromatic N) is 3. The highest BCUT2D eigenvalue weighted by atomic mass is 16.6. The SMILES string of the molecule is CCC1C(=O)C(=O)C1(NOCc1ccccc1)NC(=O)C1CC2CCCCC2N1C(=O)C(NC(=O)C(NC(=O)c1cnccn1)C1CCCCC1)C(C)(C)C. The number of aromatic nitrogens is 2. The molecule has 55 heavy (non-hydrogen) atoms. The van der Waals surface area contributed by atoms with Crippen molar-refractivity contribution in [3.63, 3.8) is 0 Å². The molecule has 3 aliphatic carbocycles. The van der Waals surface area contributed by atoms with Crippen LogP contribution in [0.1, 0.15) is 114 Å². The summed E-state index contributed by atoms with van der Waals surface area (Å²) >= 11 is 0. The fourth-order valence-electron chi connectivity index (χ4n) is 9.03. The summed E-state index contributed by atoms with van der Waals surface area (Å²) < 4.78 is 0. The van der Waals surface area contributed by atoms with Crippen molar-refractivity contribution in [1.82, 2.24) is 36.3 Å². The third-order valence-electron chi connectivity index (χ3n) is 12.0. The molecule has 1 aromatic heterocycles. The van der Waals surface area contributed by atoms with Gasteiger partial charge < -0.3 is 20.9 Å². The highest BCUT2D eigenvalue weighted by Crippen LogP contribution is 2.42. The van der Waals surface area contributed by atoms with E-state index in [1.165, 1.54) is 18.6 Å². The average molecular weight is 758 g/mol. The summed E-state index contributed by atoms with van der Waals surface area (Å²) in [7, 11) is 0. The molecule has 3 saturated carbocycles. The third-order valence-corrected chi connectivity index (χ3v) is 12.0. The van der Waals surface area contributed by atoms with Crippen LogP contribution in [0.5, 0.6) is 0 Å². The Labute approximate surface area is 322 Å². The number of rotatable bonds is 13. The minimum absolute atomic E-state index is 0.0463. The van der Waals surface area contributed by atoms with E-state index in [0.717, 1.165) is 56.9 Å². The average Bonchev–Trinajstić information content (AvgIpc) is 3.59. The van der Waals surface area contributed by atoms with Gasteiger partial charge in [0.05, 0.1) is 18.7 Å². The minimum Gasteiger partial charge on any atom is -0.342 e. The van der Waals surface area contributed by atoms with Gasteiger partial charge in [0.1, 0.15) is 23.8 Å². The van der Waals surface area contributed by atoms with Crippen LogP contribution in [0, 0.1) is 23.2 Å². The van der Waals surface area contributed by atoms with Crippen LogP contribution in [0.2, 0.25) is 0 Å².